The van der Waals surface area contributed by atoms with E-state index in [1.165, 1.54) is 12.4 Å². The lowest BCUT2D eigenvalue weighted by Crippen LogP contribution is -2.12. The Bertz CT molecular complexity index is 783. The molecule has 0 aliphatic rings. The van der Waals surface area contributed by atoms with E-state index in [4.69, 9.17) is 0 Å². The van der Waals surface area contributed by atoms with E-state index in [2.05, 4.69) is 10.5 Å². The molecule has 0 spiro atoms. The number of para-hydroxylation sites is 1. The predicted octanol–water partition coefficient (Wildman–Crippen LogP) is 2.96. The number of hydrazone groups is 1. The summed E-state index contributed by atoms with van der Waals surface area (Å²) in [6.45, 7) is 0. The summed E-state index contributed by atoms with van der Waals surface area (Å²) < 4.78 is 25.4. The van der Waals surface area contributed by atoms with Gasteiger partial charge in [-0.3, -0.25) is 5.43 Å². The van der Waals surface area contributed by atoms with E-state index < -0.39 is 9.84 Å². The minimum atomic E-state index is -3.62. The van der Waals surface area contributed by atoms with Crippen molar-refractivity contribution in [3.05, 3.63) is 71.8 Å². The van der Waals surface area contributed by atoms with Crippen LogP contribution in [0.15, 0.2) is 81.8 Å². The van der Waals surface area contributed by atoms with Gasteiger partial charge >= 0.3 is 0 Å². The number of rotatable bonds is 6. The van der Waals surface area contributed by atoms with Crippen LogP contribution >= 0.6 is 0 Å². The summed E-state index contributed by atoms with van der Waals surface area (Å²) >= 11 is 0. The molecule has 0 bridgehead atoms. The van der Waals surface area contributed by atoms with Crippen LogP contribution in [0.1, 0.15) is 0 Å². The second-order valence-corrected chi connectivity index (χ2v) is 7.00. The zero-order valence-electron chi connectivity index (χ0n) is 13.0. The molecular weight excluding hydrogens is 310 g/mol. The molecule has 0 aromatic heterocycles. The lowest BCUT2D eigenvalue weighted by molar-refractivity contribution is 0.560. The van der Waals surface area contributed by atoms with Crippen molar-refractivity contribution in [1.82, 2.24) is 4.90 Å². The maximum Gasteiger partial charge on any atom is 0.209 e. The van der Waals surface area contributed by atoms with E-state index >= 15 is 0 Å². The molecule has 0 fully saturated rings. The first kappa shape index (κ1) is 16.8. The molecule has 0 atom stereocenters. The van der Waals surface area contributed by atoms with E-state index in [0.717, 1.165) is 5.69 Å². The van der Waals surface area contributed by atoms with Crippen molar-refractivity contribution in [1.29, 1.82) is 0 Å². The second-order valence-electron chi connectivity index (χ2n) is 5.05. The molecule has 0 radical (unpaired) electrons. The van der Waals surface area contributed by atoms with Gasteiger partial charge in [-0.25, -0.2) is 8.42 Å². The van der Waals surface area contributed by atoms with Gasteiger partial charge in [-0.05, 0) is 24.3 Å². The van der Waals surface area contributed by atoms with Gasteiger partial charge in [0.1, 0.15) is 4.91 Å². The van der Waals surface area contributed by atoms with Crippen molar-refractivity contribution in [2.45, 2.75) is 4.90 Å². The molecule has 0 unspecified atom stereocenters. The fraction of sp³-hybridized carbons (Fsp3) is 0.118. The highest BCUT2D eigenvalue weighted by Gasteiger charge is 2.19. The molecular formula is C17H19N3O2S. The third-order valence-corrected chi connectivity index (χ3v) is 4.63. The van der Waals surface area contributed by atoms with E-state index in [-0.39, 0.29) is 9.80 Å². The Morgan fingerprint density at radius 3 is 2.13 bits per heavy atom. The zero-order valence-corrected chi connectivity index (χ0v) is 13.9. The van der Waals surface area contributed by atoms with Crippen LogP contribution < -0.4 is 5.43 Å². The minimum Gasteiger partial charge on any atom is -0.382 e. The largest absolute Gasteiger partial charge is 0.382 e. The molecule has 0 heterocycles. The molecule has 2 aromatic rings. The van der Waals surface area contributed by atoms with Crippen LogP contribution in [0.5, 0.6) is 0 Å². The normalized spacial score (nSPS) is 12.3. The summed E-state index contributed by atoms with van der Waals surface area (Å²) in [7, 11) is -0.0947. The van der Waals surface area contributed by atoms with Crippen molar-refractivity contribution >= 4 is 21.7 Å². The first-order valence-corrected chi connectivity index (χ1v) is 8.51. The third kappa shape index (κ3) is 4.69. The van der Waals surface area contributed by atoms with Crippen LogP contribution in [-0.4, -0.2) is 33.6 Å². The molecule has 1 N–H and O–H groups in total. The van der Waals surface area contributed by atoms with Crippen molar-refractivity contribution in [3.63, 3.8) is 0 Å². The second kappa shape index (κ2) is 7.60. The van der Waals surface area contributed by atoms with Crippen LogP contribution in [0.25, 0.3) is 0 Å². The summed E-state index contributed by atoms with van der Waals surface area (Å²) in [6.07, 6.45) is 2.84. The van der Waals surface area contributed by atoms with Crippen LogP contribution in [0.2, 0.25) is 0 Å². The van der Waals surface area contributed by atoms with Crippen molar-refractivity contribution < 1.29 is 8.42 Å². The molecule has 0 saturated carbocycles. The first-order chi connectivity index (χ1) is 11.0. The lowest BCUT2D eigenvalue weighted by Gasteiger charge is -2.10. The molecule has 5 nitrogen and oxygen atoms in total. The Kier molecular flexibility index (Phi) is 5.54. The molecule has 23 heavy (non-hydrogen) atoms. The Labute approximate surface area is 136 Å². The van der Waals surface area contributed by atoms with Gasteiger partial charge in [-0.1, -0.05) is 36.4 Å². The van der Waals surface area contributed by atoms with Gasteiger partial charge in [0.2, 0.25) is 9.84 Å². The fourth-order valence-corrected chi connectivity index (χ4v) is 3.17. The third-order valence-electron chi connectivity index (χ3n) is 2.91. The van der Waals surface area contributed by atoms with Gasteiger partial charge in [0.25, 0.3) is 0 Å². The van der Waals surface area contributed by atoms with Crippen LogP contribution in [0.3, 0.4) is 0 Å². The first-order valence-electron chi connectivity index (χ1n) is 7.02. The van der Waals surface area contributed by atoms with Crippen LogP contribution in [0.4, 0.5) is 5.69 Å². The van der Waals surface area contributed by atoms with Gasteiger partial charge in [0.15, 0.2) is 0 Å². The monoisotopic (exact) mass is 329 g/mol. The standard InChI is InChI=1S/C17H19N3O2S/c1-20(2)14-17(13-18-19-15-9-5-3-6-10-15)23(21,22)16-11-7-4-8-12-16/h3-14,19H,1-2H3/b17-14-,18-13+. The maximum atomic E-state index is 12.7. The molecule has 0 amide bonds. The van der Waals surface area contributed by atoms with Crippen LogP contribution in [0, 0.1) is 0 Å². The van der Waals surface area contributed by atoms with Crippen molar-refractivity contribution in [2.75, 3.05) is 19.5 Å². The maximum absolute atomic E-state index is 12.7. The summed E-state index contributed by atoms with van der Waals surface area (Å²) in [5, 5.41) is 4.04. The van der Waals surface area contributed by atoms with E-state index in [0.29, 0.717) is 0 Å². The minimum absolute atomic E-state index is 0.108. The summed E-state index contributed by atoms with van der Waals surface area (Å²) in [6, 6.07) is 17.6. The number of hydrogen-bond donors (Lipinski definition) is 1. The zero-order chi connectivity index (χ0) is 16.7. The lowest BCUT2D eigenvalue weighted by atomic mass is 10.3. The van der Waals surface area contributed by atoms with E-state index in [9.17, 15) is 8.42 Å². The average molecular weight is 329 g/mol. The summed E-state index contributed by atoms with van der Waals surface area (Å²) in [4.78, 5) is 2.01. The molecule has 6 heteroatoms. The molecule has 2 rings (SSSR count). The van der Waals surface area contributed by atoms with Crippen LogP contribution in [-0.2, 0) is 9.84 Å². The molecule has 0 saturated heterocycles. The highest BCUT2D eigenvalue weighted by atomic mass is 32.2. The van der Waals surface area contributed by atoms with Crippen molar-refractivity contribution in [2.24, 2.45) is 5.10 Å². The van der Waals surface area contributed by atoms with Gasteiger partial charge in [0, 0.05) is 20.3 Å². The number of hydrogen-bond acceptors (Lipinski definition) is 5. The number of nitrogens with zero attached hydrogens (tertiary/aromatic N) is 2. The Morgan fingerprint density at radius 2 is 1.57 bits per heavy atom. The number of anilines is 1. The average Bonchev–Trinajstić information content (AvgIpc) is 2.55. The fourth-order valence-electron chi connectivity index (χ4n) is 1.85. The van der Waals surface area contributed by atoms with E-state index in [1.807, 2.05) is 30.3 Å². The van der Waals surface area contributed by atoms with Gasteiger partial charge in [-0.2, -0.15) is 5.10 Å². The molecule has 2 aromatic carbocycles. The van der Waals surface area contributed by atoms with Gasteiger partial charge in [-0.15, -0.1) is 0 Å². The smallest absolute Gasteiger partial charge is 0.209 e. The number of allylic oxidation sites excluding steroid dienone is 1. The van der Waals surface area contributed by atoms with Gasteiger partial charge < -0.3 is 4.90 Å². The topological polar surface area (TPSA) is 61.8 Å². The SMILES string of the molecule is CN(C)/C=C(/C=N/Nc1ccccc1)S(=O)(=O)c1ccccc1. The van der Waals surface area contributed by atoms with Crippen molar-refractivity contribution in [3.8, 4) is 0 Å². The Balaban J connectivity index is 2.28. The van der Waals surface area contributed by atoms with E-state index in [1.54, 1.807) is 49.3 Å². The highest BCUT2D eigenvalue weighted by Crippen LogP contribution is 2.18. The number of nitrogens with one attached hydrogen (secondary N) is 1. The summed E-state index contributed by atoms with van der Waals surface area (Å²) in [5.74, 6) is 0. The Morgan fingerprint density at radius 1 is 1.00 bits per heavy atom. The highest BCUT2D eigenvalue weighted by molar-refractivity contribution is 7.96. The van der Waals surface area contributed by atoms with Gasteiger partial charge in [0.05, 0.1) is 16.8 Å². The Hall–Kier alpha value is -2.60. The number of sulfone groups is 1. The predicted molar refractivity (Wildman–Crippen MR) is 94.0 cm³/mol. The molecule has 0 aliphatic carbocycles. The number of benzene rings is 2. The molecule has 0 aliphatic heterocycles. The quantitative estimate of drug-likeness (QED) is 0.654. The molecule has 120 valence electrons. The summed E-state index contributed by atoms with van der Waals surface area (Å²) in [5.41, 5.74) is 3.60.